The van der Waals surface area contributed by atoms with Crippen molar-refractivity contribution in [3.63, 3.8) is 0 Å². The fourth-order valence-corrected chi connectivity index (χ4v) is 9.22. The average molecular weight is 689 g/mol. The first-order chi connectivity index (χ1) is 26.5. The molecule has 1 aliphatic carbocycles. The van der Waals surface area contributed by atoms with Gasteiger partial charge in [0, 0.05) is 16.4 Å². The number of benzene rings is 9. The molecule has 1 heterocycles. The van der Waals surface area contributed by atoms with Gasteiger partial charge in [0.25, 0.3) is 0 Å². The number of fused-ring (bicyclic) bond motifs is 7. The van der Waals surface area contributed by atoms with E-state index in [0.29, 0.717) is 0 Å². The van der Waals surface area contributed by atoms with Crippen LogP contribution >= 0.6 is 0 Å². The minimum atomic E-state index is -0.112. The molecule has 0 saturated heterocycles. The maximum atomic E-state index is 6.73. The van der Waals surface area contributed by atoms with Crippen LogP contribution in [0, 0.1) is 0 Å². The van der Waals surface area contributed by atoms with Gasteiger partial charge >= 0.3 is 0 Å². The van der Waals surface area contributed by atoms with Gasteiger partial charge in [-0.1, -0.05) is 153 Å². The van der Waals surface area contributed by atoms with Gasteiger partial charge in [-0.2, -0.15) is 0 Å². The molecular formula is C53H36O. The molecule has 2 aliphatic rings. The molecule has 0 saturated carbocycles. The smallest absolute Gasteiger partial charge is 0.135 e. The lowest BCUT2D eigenvalue weighted by Gasteiger charge is -2.24. The van der Waals surface area contributed by atoms with Crippen LogP contribution in [0.15, 0.2) is 182 Å². The Bertz CT molecular complexity index is 2970. The summed E-state index contributed by atoms with van der Waals surface area (Å²) in [5, 5.41) is 4.93. The maximum Gasteiger partial charge on any atom is 0.135 e. The molecule has 54 heavy (non-hydrogen) atoms. The van der Waals surface area contributed by atoms with E-state index >= 15 is 0 Å². The van der Waals surface area contributed by atoms with Crippen molar-refractivity contribution in [2.45, 2.75) is 19.3 Å². The Kier molecular flexibility index (Phi) is 6.66. The first kappa shape index (κ1) is 30.9. The number of hydrogen-bond donors (Lipinski definition) is 0. The van der Waals surface area contributed by atoms with Gasteiger partial charge in [-0.15, -0.1) is 0 Å². The van der Waals surface area contributed by atoms with Crippen molar-refractivity contribution in [3.8, 4) is 78.3 Å². The van der Waals surface area contributed by atoms with Crippen LogP contribution in [0.5, 0.6) is 11.5 Å². The van der Waals surface area contributed by atoms with Gasteiger partial charge < -0.3 is 4.74 Å². The fraction of sp³-hybridized carbons (Fsp3) is 0.0566. The lowest BCUT2D eigenvalue weighted by Crippen LogP contribution is -2.15. The highest BCUT2D eigenvalue weighted by atomic mass is 16.5. The minimum absolute atomic E-state index is 0.112. The van der Waals surface area contributed by atoms with E-state index in [1.165, 1.54) is 82.9 Å². The Balaban J connectivity index is 1.13. The Morgan fingerprint density at radius 1 is 0.333 bits per heavy atom. The summed E-state index contributed by atoms with van der Waals surface area (Å²) in [5.41, 5.74) is 17.3. The monoisotopic (exact) mass is 688 g/mol. The quantitative estimate of drug-likeness (QED) is 0.179. The summed E-state index contributed by atoms with van der Waals surface area (Å²) in [6.07, 6.45) is 0. The molecule has 0 spiro atoms. The van der Waals surface area contributed by atoms with E-state index in [9.17, 15) is 0 Å². The SMILES string of the molecule is CC1(C)c2ccccc2-c2c1cc(-c1cc(-c3ccccc3)cc(-c3ccc4c5c(cccc35)-c3ccc(-c5ccccc5)cc3O4)c1)c1ccccc21. The van der Waals surface area contributed by atoms with Gasteiger partial charge in [0.1, 0.15) is 11.5 Å². The van der Waals surface area contributed by atoms with Crippen LogP contribution in [-0.4, -0.2) is 0 Å². The van der Waals surface area contributed by atoms with Crippen LogP contribution in [0.2, 0.25) is 0 Å². The molecule has 1 nitrogen and oxygen atoms in total. The molecule has 0 bridgehead atoms. The molecule has 0 atom stereocenters. The van der Waals surface area contributed by atoms with E-state index in [-0.39, 0.29) is 5.41 Å². The van der Waals surface area contributed by atoms with Crippen molar-refractivity contribution in [1.29, 1.82) is 0 Å². The normalized spacial score (nSPS) is 13.3. The molecule has 9 aromatic rings. The lowest BCUT2D eigenvalue weighted by molar-refractivity contribution is 0.487. The summed E-state index contributed by atoms with van der Waals surface area (Å²) in [4.78, 5) is 0. The van der Waals surface area contributed by atoms with Crippen molar-refractivity contribution < 1.29 is 4.74 Å². The molecule has 0 N–H and O–H groups in total. The second kappa shape index (κ2) is 11.7. The van der Waals surface area contributed by atoms with Gasteiger partial charge in [0.15, 0.2) is 0 Å². The molecular weight excluding hydrogens is 653 g/mol. The standard InChI is InChI=1S/C53H36O/c1-53(2)47-23-12-11-20-45(47)51-43-19-10-9-18-40(43)46(32-48(51)53)38-29-36(34-16-7-4-8-17-34)28-37(30-38)39-26-27-49-52-42(39)21-13-22-44(52)41-25-24-35(31-50(41)54-49)33-14-5-3-6-15-33/h3-32H,1-2H3. The van der Waals surface area contributed by atoms with Gasteiger partial charge in [-0.05, 0) is 131 Å². The zero-order valence-corrected chi connectivity index (χ0v) is 30.2. The van der Waals surface area contributed by atoms with Crippen molar-refractivity contribution in [3.05, 3.63) is 193 Å². The van der Waals surface area contributed by atoms with Gasteiger partial charge in [0.05, 0.1) is 0 Å². The van der Waals surface area contributed by atoms with E-state index in [1.54, 1.807) is 0 Å². The Morgan fingerprint density at radius 2 is 0.944 bits per heavy atom. The van der Waals surface area contributed by atoms with Crippen LogP contribution in [0.4, 0.5) is 0 Å². The third-order valence-electron chi connectivity index (χ3n) is 11.9. The Morgan fingerprint density at radius 3 is 1.74 bits per heavy atom. The summed E-state index contributed by atoms with van der Waals surface area (Å²) in [6, 6.07) is 66.6. The molecule has 0 fully saturated rings. The van der Waals surface area contributed by atoms with E-state index in [1.807, 2.05) is 0 Å². The number of hydrogen-bond acceptors (Lipinski definition) is 1. The Labute approximate surface area is 315 Å². The van der Waals surface area contributed by atoms with E-state index in [4.69, 9.17) is 4.74 Å². The molecule has 0 aromatic heterocycles. The third kappa shape index (κ3) is 4.58. The number of rotatable bonds is 4. The van der Waals surface area contributed by atoms with E-state index < -0.39 is 0 Å². The topological polar surface area (TPSA) is 9.23 Å². The fourth-order valence-electron chi connectivity index (χ4n) is 9.22. The second-order valence-electron chi connectivity index (χ2n) is 15.2. The predicted octanol–water partition coefficient (Wildman–Crippen LogP) is 14.7. The largest absolute Gasteiger partial charge is 0.456 e. The van der Waals surface area contributed by atoms with Gasteiger partial charge in [0.2, 0.25) is 0 Å². The summed E-state index contributed by atoms with van der Waals surface area (Å²) < 4.78 is 6.73. The zero-order chi connectivity index (χ0) is 36.0. The molecule has 0 unspecified atom stereocenters. The second-order valence-corrected chi connectivity index (χ2v) is 15.2. The minimum Gasteiger partial charge on any atom is -0.456 e. The van der Waals surface area contributed by atoms with Crippen LogP contribution in [-0.2, 0) is 5.41 Å². The predicted molar refractivity (Wildman–Crippen MR) is 226 cm³/mol. The molecule has 1 aliphatic heterocycles. The zero-order valence-electron chi connectivity index (χ0n) is 30.2. The summed E-state index contributed by atoms with van der Waals surface area (Å²) in [7, 11) is 0. The van der Waals surface area contributed by atoms with Crippen molar-refractivity contribution in [2.75, 3.05) is 0 Å². The molecule has 9 aromatic carbocycles. The van der Waals surface area contributed by atoms with Crippen LogP contribution in [0.1, 0.15) is 25.0 Å². The maximum absolute atomic E-state index is 6.73. The van der Waals surface area contributed by atoms with Crippen LogP contribution in [0.25, 0.3) is 88.3 Å². The van der Waals surface area contributed by atoms with Gasteiger partial charge in [-0.3, -0.25) is 0 Å². The van der Waals surface area contributed by atoms with E-state index in [2.05, 4.69) is 196 Å². The Hall–Kier alpha value is -6.70. The van der Waals surface area contributed by atoms with Gasteiger partial charge in [-0.25, -0.2) is 0 Å². The van der Waals surface area contributed by atoms with Crippen LogP contribution < -0.4 is 4.74 Å². The molecule has 0 amide bonds. The lowest BCUT2D eigenvalue weighted by atomic mass is 9.80. The summed E-state index contributed by atoms with van der Waals surface area (Å²) >= 11 is 0. The molecule has 254 valence electrons. The van der Waals surface area contributed by atoms with Crippen molar-refractivity contribution in [2.24, 2.45) is 0 Å². The summed E-state index contributed by atoms with van der Waals surface area (Å²) in [5.74, 6) is 1.79. The number of ether oxygens (including phenoxy) is 1. The van der Waals surface area contributed by atoms with Crippen molar-refractivity contribution >= 4 is 21.5 Å². The highest BCUT2D eigenvalue weighted by Gasteiger charge is 2.37. The average Bonchev–Trinajstić information content (AvgIpc) is 3.46. The first-order valence-electron chi connectivity index (χ1n) is 18.8. The van der Waals surface area contributed by atoms with Crippen molar-refractivity contribution in [1.82, 2.24) is 0 Å². The van der Waals surface area contributed by atoms with Crippen LogP contribution in [0.3, 0.4) is 0 Å². The van der Waals surface area contributed by atoms with E-state index in [0.717, 1.165) is 28.0 Å². The third-order valence-corrected chi connectivity index (χ3v) is 11.9. The molecule has 1 heteroatoms. The molecule has 0 radical (unpaired) electrons. The molecule has 11 rings (SSSR count). The highest BCUT2D eigenvalue weighted by molar-refractivity contribution is 6.12. The summed E-state index contributed by atoms with van der Waals surface area (Å²) in [6.45, 7) is 4.75. The first-order valence-corrected chi connectivity index (χ1v) is 18.8. The highest BCUT2D eigenvalue weighted by Crippen LogP contribution is 2.54.